The van der Waals surface area contributed by atoms with E-state index >= 15 is 0 Å². The zero-order valence-corrected chi connectivity index (χ0v) is 13.7. The van der Waals surface area contributed by atoms with Gasteiger partial charge < -0.3 is 5.32 Å². The Hall–Kier alpha value is -0.580. The molecule has 1 aliphatic carbocycles. The van der Waals surface area contributed by atoms with E-state index in [-0.39, 0.29) is 5.54 Å². The van der Waals surface area contributed by atoms with Crippen molar-refractivity contribution in [2.24, 2.45) is 13.0 Å². The second-order valence-electron chi connectivity index (χ2n) is 6.81. The van der Waals surface area contributed by atoms with E-state index < -0.39 is 0 Å². The largest absolute Gasteiger partial charge is 0.308 e. The maximum absolute atomic E-state index is 6.39. The number of aromatic nitrogens is 2. The van der Waals surface area contributed by atoms with Gasteiger partial charge in [-0.05, 0) is 39.5 Å². The molecule has 0 amide bonds. The Morgan fingerprint density at radius 3 is 2.70 bits per heavy atom. The van der Waals surface area contributed by atoms with E-state index in [0.717, 1.165) is 36.4 Å². The third-order valence-electron chi connectivity index (χ3n) is 5.07. The van der Waals surface area contributed by atoms with E-state index in [1.54, 1.807) is 4.68 Å². The van der Waals surface area contributed by atoms with Gasteiger partial charge in [-0.1, -0.05) is 11.6 Å². The summed E-state index contributed by atoms with van der Waals surface area (Å²) >= 11 is 6.39. The Balaban J connectivity index is 1.78. The van der Waals surface area contributed by atoms with Crippen molar-refractivity contribution in [3.63, 3.8) is 0 Å². The van der Waals surface area contributed by atoms with Crippen LogP contribution in [0.15, 0.2) is 0 Å². The molecule has 1 aromatic heterocycles. The SMILES string of the molecule is Cc1nn(C)c(Cl)c1CN1CC(C)(C2CC2)NCC1C. The molecular weight excluding hydrogens is 272 g/mol. The predicted octanol–water partition coefficient (Wildman–Crippen LogP) is 2.34. The molecule has 1 aromatic rings. The Labute approximate surface area is 126 Å². The van der Waals surface area contributed by atoms with Crippen molar-refractivity contribution in [3.8, 4) is 0 Å². The van der Waals surface area contributed by atoms with E-state index in [0.29, 0.717) is 6.04 Å². The van der Waals surface area contributed by atoms with E-state index in [1.165, 1.54) is 18.4 Å². The van der Waals surface area contributed by atoms with Gasteiger partial charge in [0.05, 0.1) is 5.69 Å². The topological polar surface area (TPSA) is 33.1 Å². The molecule has 1 aliphatic heterocycles. The fourth-order valence-corrected chi connectivity index (χ4v) is 3.64. The second kappa shape index (κ2) is 5.00. The normalized spacial score (nSPS) is 31.8. The molecule has 0 aromatic carbocycles. The lowest BCUT2D eigenvalue weighted by Crippen LogP contribution is -2.62. The van der Waals surface area contributed by atoms with Crippen molar-refractivity contribution in [1.82, 2.24) is 20.0 Å². The average molecular weight is 297 g/mol. The van der Waals surface area contributed by atoms with E-state index in [4.69, 9.17) is 11.6 Å². The first-order valence-electron chi connectivity index (χ1n) is 7.58. The van der Waals surface area contributed by atoms with Crippen molar-refractivity contribution < 1.29 is 0 Å². The summed E-state index contributed by atoms with van der Waals surface area (Å²) in [5.74, 6) is 0.850. The number of piperazine rings is 1. The van der Waals surface area contributed by atoms with Crippen molar-refractivity contribution in [3.05, 3.63) is 16.4 Å². The Morgan fingerprint density at radius 1 is 1.45 bits per heavy atom. The van der Waals surface area contributed by atoms with Crippen LogP contribution in [0.3, 0.4) is 0 Å². The molecule has 2 aliphatic rings. The first kappa shape index (κ1) is 14.4. The van der Waals surface area contributed by atoms with Crippen molar-refractivity contribution in [2.75, 3.05) is 13.1 Å². The van der Waals surface area contributed by atoms with Gasteiger partial charge >= 0.3 is 0 Å². The first-order valence-corrected chi connectivity index (χ1v) is 7.95. The molecule has 1 saturated carbocycles. The quantitative estimate of drug-likeness (QED) is 0.929. The molecule has 2 fully saturated rings. The minimum absolute atomic E-state index is 0.273. The van der Waals surface area contributed by atoms with Crippen LogP contribution >= 0.6 is 11.6 Å². The first-order chi connectivity index (χ1) is 9.40. The molecule has 112 valence electrons. The Morgan fingerprint density at radius 2 is 2.15 bits per heavy atom. The highest BCUT2D eigenvalue weighted by Crippen LogP contribution is 2.41. The standard InChI is InChI=1S/C15H25ClN4/c1-10-7-17-15(3,12-5-6-12)9-20(10)8-13-11(2)18-19(4)14(13)16/h10,12,17H,5-9H2,1-4H3. The zero-order chi connectivity index (χ0) is 14.5. The molecule has 2 heterocycles. The molecule has 2 atom stereocenters. The van der Waals surface area contributed by atoms with E-state index in [2.05, 4.69) is 29.2 Å². The fourth-order valence-electron chi connectivity index (χ4n) is 3.41. The molecule has 0 radical (unpaired) electrons. The summed E-state index contributed by atoms with van der Waals surface area (Å²) < 4.78 is 1.78. The van der Waals surface area contributed by atoms with Crippen molar-refractivity contribution >= 4 is 11.6 Å². The number of halogens is 1. The van der Waals surface area contributed by atoms with Gasteiger partial charge in [0.1, 0.15) is 5.15 Å². The van der Waals surface area contributed by atoms with Crippen LogP contribution in [0.1, 0.15) is 37.9 Å². The van der Waals surface area contributed by atoms with Crippen LogP contribution < -0.4 is 5.32 Å². The molecule has 1 N–H and O–H groups in total. The summed E-state index contributed by atoms with van der Waals surface area (Å²) in [6.45, 7) is 9.78. The lowest BCUT2D eigenvalue weighted by atomic mass is 9.91. The highest BCUT2D eigenvalue weighted by Gasteiger charge is 2.45. The maximum Gasteiger partial charge on any atom is 0.131 e. The van der Waals surface area contributed by atoms with Crippen molar-refractivity contribution in [1.29, 1.82) is 0 Å². The Bertz CT molecular complexity index is 508. The van der Waals surface area contributed by atoms with Crippen LogP contribution in [0.25, 0.3) is 0 Å². The molecule has 1 saturated heterocycles. The minimum atomic E-state index is 0.273. The Kier molecular flexibility index (Phi) is 3.59. The number of aryl methyl sites for hydroxylation is 2. The summed E-state index contributed by atoms with van der Waals surface area (Å²) in [6, 6.07) is 0.539. The highest BCUT2D eigenvalue weighted by atomic mass is 35.5. The average Bonchev–Trinajstić information content (AvgIpc) is 3.20. The van der Waals surface area contributed by atoms with Crippen LogP contribution in [-0.2, 0) is 13.6 Å². The van der Waals surface area contributed by atoms with Gasteiger partial charge in [0.2, 0.25) is 0 Å². The third-order valence-corrected chi connectivity index (χ3v) is 5.54. The monoisotopic (exact) mass is 296 g/mol. The number of nitrogens with one attached hydrogen (secondary N) is 1. The molecule has 0 spiro atoms. The van der Waals surface area contributed by atoms with Crippen LogP contribution in [0.5, 0.6) is 0 Å². The van der Waals surface area contributed by atoms with Gasteiger partial charge in [0.25, 0.3) is 0 Å². The predicted molar refractivity (Wildman–Crippen MR) is 82.0 cm³/mol. The lowest BCUT2D eigenvalue weighted by molar-refractivity contribution is 0.0769. The fraction of sp³-hybridized carbons (Fsp3) is 0.800. The molecule has 4 nitrogen and oxygen atoms in total. The summed E-state index contributed by atoms with van der Waals surface area (Å²) in [5.41, 5.74) is 2.51. The number of hydrogen-bond donors (Lipinski definition) is 1. The van der Waals surface area contributed by atoms with Crippen LogP contribution in [0.4, 0.5) is 0 Å². The molecule has 3 rings (SSSR count). The molecule has 5 heteroatoms. The molecule has 20 heavy (non-hydrogen) atoms. The smallest absolute Gasteiger partial charge is 0.131 e. The minimum Gasteiger partial charge on any atom is -0.308 e. The van der Waals surface area contributed by atoms with Gasteiger partial charge in [-0.25, -0.2) is 0 Å². The second-order valence-corrected chi connectivity index (χ2v) is 7.16. The van der Waals surface area contributed by atoms with E-state index in [9.17, 15) is 0 Å². The lowest BCUT2D eigenvalue weighted by Gasteiger charge is -2.45. The van der Waals surface area contributed by atoms with Gasteiger partial charge in [-0.15, -0.1) is 0 Å². The summed E-state index contributed by atoms with van der Waals surface area (Å²) in [5, 5.41) is 8.97. The van der Waals surface area contributed by atoms with Gasteiger partial charge in [-0.2, -0.15) is 5.10 Å². The number of rotatable bonds is 3. The zero-order valence-electron chi connectivity index (χ0n) is 12.9. The number of nitrogens with zero attached hydrogens (tertiary/aromatic N) is 3. The molecule has 2 unspecified atom stereocenters. The molecular formula is C15H25ClN4. The highest BCUT2D eigenvalue weighted by molar-refractivity contribution is 6.30. The number of hydrogen-bond acceptors (Lipinski definition) is 3. The third kappa shape index (κ3) is 2.49. The van der Waals surface area contributed by atoms with E-state index in [1.807, 2.05) is 14.0 Å². The van der Waals surface area contributed by atoms with Crippen LogP contribution in [0, 0.1) is 12.8 Å². The van der Waals surface area contributed by atoms with Crippen LogP contribution in [-0.4, -0.2) is 39.4 Å². The molecule has 0 bridgehead atoms. The van der Waals surface area contributed by atoms with Crippen molar-refractivity contribution in [2.45, 2.75) is 51.7 Å². The van der Waals surface area contributed by atoms with Gasteiger partial charge in [0, 0.05) is 43.8 Å². The maximum atomic E-state index is 6.39. The van der Waals surface area contributed by atoms with Gasteiger partial charge in [-0.3, -0.25) is 9.58 Å². The van der Waals surface area contributed by atoms with Gasteiger partial charge in [0.15, 0.2) is 0 Å². The summed E-state index contributed by atoms with van der Waals surface area (Å²) in [7, 11) is 1.91. The van der Waals surface area contributed by atoms with Crippen LogP contribution in [0.2, 0.25) is 5.15 Å². The summed E-state index contributed by atoms with van der Waals surface area (Å²) in [4.78, 5) is 2.56. The summed E-state index contributed by atoms with van der Waals surface area (Å²) in [6.07, 6.45) is 2.75.